The quantitative estimate of drug-likeness (QED) is 0.325. The van der Waals surface area contributed by atoms with Gasteiger partial charge in [-0.25, -0.2) is 9.79 Å². The second kappa shape index (κ2) is 9.47. The van der Waals surface area contributed by atoms with Crippen molar-refractivity contribution in [2.75, 3.05) is 13.2 Å². The molecule has 0 saturated carbocycles. The van der Waals surface area contributed by atoms with E-state index in [0.717, 1.165) is 11.1 Å². The fraction of sp³-hybridized carbons (Fsp3) is 0.231. The van der Waals surface area contributed by atoms with Crippen LogP contribution in [0.1, 0.15) is 37.5 Å². The molecule has 1 aliphatic rings. The van der Waals surface area contributed by atoms with Crippen LogP contribution in [0.2, 0.25) is 0 Å². The van der Waals surface area contributed by atoms with Gasteiger partial charge in [-0.15, -0.1) is 0 Å². The number of nitrogens with zero attached hydrogens (tertiary/aromatic N) is 1. The van der Waals surface area contributed by atoms with Crippen molar-refractivity contribution in [2.45, 2.75) is 26.2 Å². The molecule has 0 N–H and O–H groups in total. The first-order valence-electron chi connectivity index (χ1n) is 10.1. The molecule has 31 heavy (non-hydrogen) atoms. The van der Waals surface area contributed by atoms with E-state index in [0.29, 0.717) is 30.6 Å². The summed E-state index contributed by atoms with van der Waals surface area (Å²) in [5.41, 5.74) is 2.97. The fourth-order valence-corrected chi connectivity index (χ4v) is 2.95. The Labute approximate surface area is 183 Å². The summed E-state index contributed by atoms with van der Waals surface area (Å²) in [6.45, 7) is 14.5. The number of esters is 1. The Bertz CT molecular complexity index is 1040. The summed E-state index contributed by atoms with van der Waals surface area (Å²) in [4.78, 5) is 16.8. The monoisotopic (exact) mass is 417 g/mol. The lowest BCUT2D eigenvalue weighted by Crippen LogP contribution is -2.11. The molecule has 0 spiro atoms. The summed E-state index contributed by atoms with van der Waals surface area (Å²) in [5, 5.41) is 0. The van der Waals surface area contributed by atoms with E-state index in [1.54, 1.807) is 30.4 Å². The van der Waals surface area contributed by atoms with Crippen molar-refractivity contribution in [3.8, 4) is 11.5 Å². The van der Waals surface area contributed by atoms with Crippen LogP contribution in [0.5, 0.6) is 11.5 Å². The van der Waals surface area contributed by atoms with Gasteiger partial charge >= 0.3 is 5.97 Å². The zero-order valence-corrected chi connectivity index (χ0v) is 18.2. The molecule has 1 heterocycles. The first-order chi connectivity index (χ1) is 14.8. The standard InChI is InChI=1S/C26H27NO4/c1-6-14-29-22-13-8-18(17-23(22)30-15-7-2)16-21-25(28)31-24(27-21)19-9-11-20(12-10-19)26(3,4)5/h6-13,16-17H,1-2,14-15H2,3-5H3/b21-16+. The smallest absolute Gasteiger partial charge is 0.363 e. The Hall–Kier alpha value is -3.60. The van der Waals surface area contributed by atoms with Crippen LogP contribution in [0.3, 0.4) is 0 Å². The predicted molar refractivity (Wildman–Crippen MR) is 124 cm³/mol. The first kappa shape index (κ1) is 22.1. The molecule has 0 fully saturated rings. The summed E-state index contributed by atoms with van der Waals surface area (Å²) >= 11 is 0. The molecular formula is C26H27NO4. The van der Waals surface area contributed by atoms with Gasteiger partial charge in [0.05, 0.1) is 0 Å². The van der Waals surface area contributed by atoms with E-state index in [4.69, 9.17) is 14.2 Å². The van der Waals surface area contributed by atoms with E-state index in [1.165, 1.54) is 5.56 Å². The van der Waals surface area contributed by atoms with Gasteiger partial charge < -0.3 is 14.2 Å². The van der Waals surface area contributed by atoms with Crippen LogP contribution in [0.25, 0.3) is 6.08 Å². The van der Waals surface area contributed by atoms with Crippen LogP contribution >= 0.6 is 0 Å². The van der Waals surface area contributed by atoms with Gasteiger partial charge in [-0.3, -0.25) is 0 Å². The summed E-state index contributed by atoms with van der Waals surface area (Å²) in [5.74, 6) is 0.937. The lowest BCUT2D eigenvalue weighted by Gasteiger charge is -2.18. The maximum Gasteiger partial charge on any atom is 0.363 e. The summed E-state index contributed by atoms with van der Waals surface area (Å²) < 4.78 is 16.7. The zero-order valence-electron chi connectivity index (χ0n) is 18.2. The molecule has 0 aromatic heterocycles. The van der Waals surface area contributed by atoms with Crippen LogP contribution in [0.4, 0.5) is 0 Å². The van der Waals surface area contributed by atoms with E-state index in [1.807, 2.05) is 30.3 Å². The molecule has 0 radical (unpaired) electrons. The van der Waals surface area contributed by atoms with Crippen molar-refractivity contribution in [1.82, 2.24) is 0 Å². The highest BCUT2D eigenvalue weighted by Crippen LogP contribution is 2.30. The Balaban J connectivity index is 1.87. The normalized spacial score (nSPS) is 14.7. The van der Waals surface area contributed by atoms with Crippen molar-refractivity contribution in [3.63, 3.8) is 0 Å². The molecule has 0 aliphatic carbocycles. The third-order valence-corrected chi connectivity index (χ3v) is 4.60. The van der Waals surface area contributed by atoms with Crippen LogP contribution in [-0.2, 0) is 14.9 Å². The van der Waals surface area contributed by atoms with Gasteiger partial charge in [0, 0.05) is 5.56 Å². The zero-order chi connectivity index (χ0) is 22.4. The van der Waals surface area contributed by atoms with Crippen LogP contribution in [0, 0.1) is 0 Å². The van der Waals surface area contributed by atoms with Gasteiger partial charge in [0.1, 0.15) is 13.2 Å². The number of hydrogen-bond acceptors (Lipinski definition) is 5. The maximum atomic E-state index is 12.4. The molecule has 0 amide bonds. The average Bonchev–Trinajstić information content (AvgIpc) is 3.11. The number of carbonyl (C=O) groups excluding carboxylic acids is 1. The minimum atomic E-state index is -0.490. The third kappa shape index (κ3) is 5.51. The van der Waals surface area contributed by atoms with Crippen LogP contribution in [0.15, 0.2) is 78.5 Å². The molecule has 1 aliphatic heterocycles. The highest BCUT2D eigenvalue weighted by Gasteiger charge is 2.25. The Morgan fingerprint density at radius 2 is 1.61 bits per heavy atom. The third-order valence-electron chi connectivity index (χ3n) is 4.60. The highest BCUT2D eigenvalue weighted by molar-refractivity contribution is 6.12. The Kier molecular flexibility index (Phi) is 6.75. The van der Waals surface area contributed by atoms with Crippen molar-refractivity contribution in [2.24, 2.45) is 4.99 Å². The fourth-order valence-electron chi connectivity index (χ4n) is 2.95. The highest BCUT2D eigenvalue weighted by atomic mass is 16.6. The molecule has 0 atom stereocenters. The molecule has 160 valence electrons. The van der Waals surface area contributed by atoms with Gasteiger partial charge in [0.25, 0.3) is 0 Å². The number of cyclic esters (lactones) is 1. The molecular weight excluding hydrogens is 390 g/mol. The molecule has 5 heteroatoms. The van der Waals surface area contributed by atoms with Crippen molar-refractivity contribution in [1.29, 1.82) is 0 Å². The summed E-state index contributed by atoms with van der Waals surface area (Å²) in [6, 6.07) is 13.3. The van der Waals surface area contributed by atoms with Gasteiger partial charge in [0.15, 0.2) is 17.2 Å². The molecule has 5 nitrogen and oxygen atoms in total. The molecule has 0 unspecified atom stereocenters. The summed E-state index contributed by atoms with van der Waals surface area (Å²) in [7, 11) is 0. The average molecular weight is 418 g/mol. The second-order valence-corrected chi connectivity index (χ2v) is 8.07. The predicted octanol–water partition coefficient (Wildman–Crippen LogP) is 5.46. The van der Waals surface area contributed by atoms with Gasteiger partial charge in [0.2, 0.25) is 5.90 Å². The largest absolute Gasteiger partial charge is 0.486 e. The van der Waals surface area contributed by atoms with E-state index in [9.17, 15) is 4.79 Å². The topological polar surface area (TPSA) is 57.1 Å². The minimum absolute atomic E-state index is 0.0463. The Morgan fingerprint density at radius 1 is 0.968 bits per heavy atom. The SMILES string of the molecule is C=CCOc1ccc(/C=C2/N=C(c3ccc(C(C)(C)C)cc3)OC2=O)cc1OCC=C. The van der Waals surface area contributed by atoms with E-state index < -0.39 is 5.97 Å². The second-order valence-electron chi connectivity index (χ2n) is 8.07. The number of ether oxygens (including phenoxy) is 3. The number of rotatable bonds is 8. The minimum Gasteiger partial charge on any atom is -0.486 e. The molecule has 2 aromatic carbocycles. The molecule has 0 bridgehead atoms. The molecule has 0 saturated heterocycles. The van der Waals surface area contributed by atoms with E-state index in [2.05, 4.69) is 38.9 Å². The molecule has 3 rings (SSSR count). The number of aliphatic imine (C=N–C) groups is 1. The lowest BCUT2D eigenvalue weighted by atomic mass is 9.87. The molecule has 2 aromatic rings. The van der Waals surface area contributed by atoms with Gasteiger partial charge in [-0.1, -0.05) is 64.3 Å². The number of carbonyl (C=O) groups is 1. The van der Waals surface area contributed by atoms with Gasteiger partial charge in [-0.05, 0) is 46.9 Å². The van der Waals surface area contributed by atoms with E-state index >= 15 is 0 Å². The number of hydrogen-bond donors (Lipinski definition) is 0. The van der Waals surface area contributed by atoms with Crippen LogP contribution in [-0.4, -0.2) is 25.1 Å². The number of benzene rings is 2. The van der Waals surface area contributed by atoms with Crippen molar-refractivity contribution < 1.29 is 19.0 Å². The van der Waals surface area contributed by atoms with Gasteiger partial charge in [-0.2, -0.15) is 0 Å². The summed E-state index contributed by atoms with van der Waals surface area (Å²) in [6.07, 6.45) is 4.97. The van der Waals surface area contributed by atoms with Crippen LogP contribution < -0.4 is 9.47 Å². The van der Waals surface area contributed by atoms with E-state index in [-0.39, 0.29) is 11.1 Å². The maximum absolute atomic E-state index is 12.4. The van der Waals surface area contributed by atoms with Crippen molar-refractivity contribution in [3.05, 3.63) is 90.2 Å². The first-order valence-corrected chi connectivity index (χ1v) is 10.1. The lowest BCUT2D eigenvalue weighted by molar-refractivity contribution is -0.129. The van der Waals surface area contributed by atoms with Crippen molar-refractivity contribution >= 4 is 17.9 Å². The Morgan fingerprint density at radius 3 is 2.23 bits per heavy atom.